The summed E-state index contributed by atoms with van der Waals surface area (Å²) in [7, 11) is 3.22. The summed E-state index contributed by atoms with van der Waals surface area (Å²) < 4.78 is 16.7. The van der Waals surface area contributed by atoms with Gasteiger partial charge >= 0.3 is 0 Å². The topological polar surface area (TPSA) is 72.7 Å². The lowest BCUT2D eigenvalue weighted by Crippen LogP contribution is -2.46. The molecule has 2 aromatic heterocycles. The van der Waals surface area contributed by atoms with Crippen LogP contribution in [0.4, 0.5) is 5.69 Å². The Labute approximate surface area is 206 Å². The van der Waals surface area contributed by atoms with Crippen LogP contribution in [0, 0.1) is 0 Å². The van der Waals surface area contributed by atoms with Crippen molar-refractivity contribution < 1.29 is 14.0 Å². The number of nitrogens with one attached hydrogen (secondary N) is 1. The monoisotopic (exact) mass is 490 g/mol. The summed E-state index contributed by atoms with van der Waals surface area (Å²) in [6, 6.07) is 19.5. The first kappa shape index (κ1) is 22.1. The molecule has 1 aliphatic rings. The Morgan fingerprint density at radius 2 is 1.82 bits per heavy atom. The zero-order chi connectivity index (χ0) is 23.7. The molecule has 0 fully saturated rings. The summed E-state index contributed by atoms with van der Waals surface area (Å²) in [5.74, 6) is 2.25. The highest BCUT2D eigenvalue weighted by Crippen LogP contribution is 2.41. The molecule has 0 radical (unpaired) electrons. The SMILES string of the molecule is COc1ccc(N2C(=S)NC(c3ccccc3)C(c3nc(-c4cccs4)no3)=C2C)cc1OC. The summed E-state index contributed by atoms with van der Waals surface area (Å²) in [6.45, 7) is 2.00. The molecule has 0 saturated heterocycles. The first-order chi connectivity index (χ1) is 16.6. The van der Waals surface area contributed by atoms with Gasteiger partial charge in [0.15, 0.2) is 16.6 Å². The van der Waals surface area contributed by atoms with Gasteiger partial charge < -0.3 is 19.3 Å². The molecule has 3 heterocycles. The highest BCUT2D eigenvalue weighted by atomic mass is 32.1. The van der Waals surface area contributed by atoms with E-state index in [4.69, 9.17) is 31.2 Å². The van der Waals surface area contributed by atoms with E-state index in [1.807, 2.05) is 65.7 Å². The Morgan fingerprint density at radius 3 is 2.53 bits per heavy atom. The third-order valence-corrected chi connectivity index (χ3v) is 6.81. The first-order valence-electron chi connectivity index (χ1n) is 10.6. The maximum atomic E-state index is 5.82. The van der Waals surface area contributed by atoms with Crippen LogP contribution in [-0.2, 0) is 0 Å². The van der Waals surface area contributed by atoms with Crippen molar-refractivity contribution in [2.45, 2.75) is 13.0 Å². The van der Waals surface area contributed by atoms with E-state index in [2.05, 4.69) is 22.6 Å². The van der Waals surface area contributed by atoms with Crippen LogP contribution in [0.3, 0.4) is 0 Å². The van der Waals surface area contributed by atoms with Gasteiger partial charge in [-0.2, -0.15) is 4.98 Å². The normalized spacial score (nSPS) is 15.9. The van der Waals surface area contributed by atoms with Crippen molar-refractivity contribution in [3.63, 3.8) is 0 Å². The number of anilines is 1. The molecule has 34 heavy (non-hydrogen) atoms. The fraction of sp³-hybridized carbons (Fsp3) is 0.160. The molecule has 4 aromatic rings. The molecule has 1 N–H and O–H groups in total. The zero-order valence-corrected chi connectivity index (χ0v) is 20.4. The van der Waals surface area contributed by atoms with Crippen molar-refractivity contribution in [1.82, 2.24) is 15.5 Å². The molecule has 9 heteroatoms. The van der Waals surface area contributed by atoms with Gasteiger partial charge in [-0.1, -0.05) is 41.6 Å². The minimum absolute atomic E-state index is 0.248. The number of rotatable bonds is 6. The van der Waals surface area contributed by atoms with Gasteiger partial charge in [-0.15, -0.1) is 11.3 Å². The van der Waals surface area contributed by atoms with E-state index >= 15 is 0 Å². The number of allylic oxidation sites excluding steroid dienone is 1. The fourth-order valence-corrected chi connectivity index (χ4v) is 5.04. The second-order valence-electron chi connectivity index (χ2n) is 7.57. The molecule has 1 atom stereocenters. The van der Waals surface area contributed by atoms with Crippen LogP contribution in [0.15, 0.2) is 76.3 Å². The quantitative estimate of drug-likeness (QED) is 0.346. The molecule has 1 aliphatic heterocycles. The number of hydrogen-bond donors (Lipinski definition) is 1. The van der Waals surface area contributed by atoms with E-state index in [1.165, 1.54) is 0 Å². The number of methoxy groups -OCH3 is 2. The minimum Gasteiger partial charge on any atom is -0.493 e. The molecular formula is C25H22N4O3S2. The third kappa shape index (κ3) is 3.93. The Hall–Kier alpha value is -3.69. The predicted octanol–water partition coefficient (Wildman–Crippen LogP) is 5.68. The smallest absolute Gasteiger partial charge is 0.258 e. The lowest BCUT2D eigenvalue weighted by atomic mass is 9.94. The van der Waals surface area contributed by atoms with Crippen LogP contribution < -0.4 is 19.7 Å². The highest BCUT2D eigenvalue weighted by Gasteiger charge is 2.35. The largest absolute Gasteiger partial charge is 0.493 e. The van der Waals surface area contributed by atoms with Crippen LogP contribution in [0.1, 0.15) is 24.4 Å². The molecule has 0 aliphatic carbocycles. The van der Waals surface area contributed by atoms with Crippen molar-refractivity contribution in [2.24, 2.45) is 0 Å². The number of nitrogens with zero attached hydrogens (tertiary/aromatic N) is 3. The number of benzene rings is 2. The minimum atomic E-state index is -0.248. The number of thiocarbonyl (C=S) groups is 1. The molecule has 1 unspecified atom stereocenters. The molecule has 0 amide bonds. The van der Waals surface area contributed by atoms with Gasteiger partial charge in [0.25, 0.3) is 5.89 Å². The maximum Gasteiger partial charge on any atom is 0.258 e. The van der Waals surface area contributed by atoms with Crippen molar-refractivity contribution in [1.29, 1.82) is 0 Å². The van der Waals surface area contributed by atoms with Gasteiger partial charge in [-0.25, -0.2) is 0 Å². The van der Waals surface area contributed by atoms with Crippen molar-refractivity contribution in [2.75, 3.05) is 19.1 Å². The van der Waals surface area contributed by atoms with Gasteiger partial charge in [0.2, 0.25) is 5.82 Å². The molecule has 5 rings (SSSR count). The summed E-state index contributed by atoms with van der Waals surface area (Å²) in [5.41, 5.74) is 3.60. The molecule has 7 nitrogen and oxygen atoms in total. The predicted molar refractivity (Wildman–Crippen MR) is 137 cm³/mol. The van der Waals surface area contributed by atoms with Crippen LogP contribution in [0.5, 0.6) is 11.5 Å². The second kappa shape index (κ2) is 9.28. The summed E-state index contributed by atoms with van der Waals surface area (Å²) in [6.07, 6.45) is 0. The number of thiophene rings is 1. The van der Waals surface area contributed by atoms with Crippen molar-refractivity contribution >= 4 is 39.9 Å². The molecule has 2 aromatic carbocycles. The molecule has 0 saturated carbocycles. The zero-order valence-electron chi connectivity index (χ0n) is 18.8. The van der Waals surface area contributed by atoms with E-state index in [0.717, 1.165) is 27.4 Å². The van der Waals surface area contributed by atoms with Crippen LogP contribution in [0.25, 0.3) is 16.3 Å². The van der Waals surface area contributed by atoms with Gasteiger partial charge in [0.05, 0.1) is 36.4 Å². The van der Waals surface area contributed by atoms with E-state index in [9.17, 15) is 0 Å². The summed E-state index contributed by atoms with van der Waals surface area (Å²) >= 11 is 7.39. The summed E-state index contributed by atoms with van der Waals surface area (Å²) in [5, 5.41) is 10.3. The first-order valence-corrected chi connectivity index (χ1v) is 11.9. The van der Waals surface area contributed by atoms with Crippen molar-refractivity contribution in [3.05, 3.63) is 83.2 Å². The molecule has 172 valence electrons. The molecule has 0 bridgehead atoms. The second-order valence-corrected chi connectivity index (χ2v) is 8.90. The van der Waals surface area contributed by atoms with E-state index < -0.39 is 0 Å². The number of aromatic nitrogens is 2. The van der Waals surface area contributed by atoms with E-state index in [0.29, 0.717) is 28.3 Å². The number of ether oxygens (including phenoxy) is 2. The number of hydrogen-bond acceptors (Lipinski definition) is 7. The maximum absolute atomic E-state index is 5.82. The van der Waals surface area contributed by atoms with Gasteiger partial charge in [-0.3, -0.25) is 4.90 Å². The van der Waals surface area contributed by atoms with E-state index in [-0.39, 0.29) is 6.04 Å². The Morgan fingerprint density at radius 1 is 1.03 bits per heavy atom. The van der Waals surface area contributed by atoms with Gasteiger partial charge in [0.1, 0.15) is 0 Å². The van der Waals surface area contributed by atoms with E-state index in [1.54, 1.807) is 25.6 Å². The Balaban J connectivity index is 1.66. The Bertz CT molecular complexity index is 1350. The van der Waals surface area contributed by atoms with Crippen LogP contribution >= 0.6 is 23.6 Å². The standard InChI is InChI=1S/C25H22N4O3S2/c1-15-21(24-27-23(28-32-24)20-10-7-13-34-20)22(16-8-5-4-6-9-16)26-25(33)29(15)17-11-12-18(30-2)19(14-17)31-3/h4-14,22H,1-3H3,(H,26,33). The van der Waals surface area contributed by atoms with Crippen molar-refractivity contribution in [3.8, 4) is 22.2 Å². The highest BCUT2D eigenvalue weighted by molar-refractivity contribution is 7.80. The molecule has 0 spiro atoms. The van der Waals surface area contributed by atoms with Crippen LogP contribution in [0.2, 0.25) is 0 Å². The average molecular weight is 491 g/mol. The average Bonchev–Trinajstić information content (AvgIpc) is 3.56. The third-order valence-electron chi connectivity index (χ3n) is 5.64. The lowest BCUT2D eigenvalue weighted by molar-refractivity contribution is 0.355. The summed E-state index contributed by atoms with van der Waals surface area (Å²) in [4.78, 5) is 7.63. The van der Waals surface area contributed by atoms with Gasteiger partial charge in [-0.05, 0) is 48.3 Å². The lowest BCUT2D eigenvalue weighted by Gasteiger charge is -2.37. The Kier molecular flexibility index (Phi) is 6.04. The van der Waals surface area contributed by atoms with Gasteiger partial charge in [0, 0.05) is 11.8 Å². The molecular weight excluding hydrogens is 468 g/mol. The fourth-order valence-electron chi connectivity index (χ4n) is 4.03. The van der Waals surface area contributed by atoms with Crippen LogP contribution in [-0.4, -0.2) is 29.5 Å².